The summed E-state index contributed by atoms with van der Waals surface area (Å²) in [6.07, 6.45) is 5.38. The van der Waals surface area contributed by atoms with E-state index in [1.54, 1.807) is 28.4 Å². The van der Waals surface area contributed by atoms with Crippen molar-refractivity contribution in [3.63, 3.8) is 0 Å². The summed E-state index contributed by atoms with van der Waals surface area (Å²) in [7, 11) is 0. The first kappa shape index (κ1) is 5.61. The highest BCUT2D eigenvalue weighted by molar-refractivity contribution is 7.12. The zero-order valence-corrected chi connectivity index (χ0v) is 5.95. The molecule has 0 amide bonds. The molecule has 0 aliphatic carbocycles. The maximum absolute atomic E-state index is 4.08. The second-order valence-corrected chi connectivity index (χ2v) is 2.64. The molecule has 2 heterocycles. The fraction of sp³-hybridized carbons (Fsp3) is 0. The second-order valence-electron chi connectivity index (χ2n) is 1.77. The van der Waals surface area contributed by atoms with Gasteiger partial charge in [0, 0.05) is 24.0 Å². The summed E-state index contributed by atoms with van der Waals surface area (Å²) in [6, 6.07) is 1.88. The second kappa shape index (κ2) is 2.22. The van der Waals surface area contributed by atoms with Gasteiger partial charge in [0.05, 0.1) is 0 Å². The van der Waals surface area contributed by atoms with Gasteiger partial charge in [-0.2, -0.15) is 5.10 Å². The van der Waals surface area contributed by atoms with Crippen LogP contribution in [0.1, 0.15) is 0 Å². The lowest BCUT2D eigenvalue weighted by Crippen LogP contribution is -1.91. The highest BCUT2D eigenvalue weighted by atomic mass is 32.1. The average molecular weight is 151 g/mol. The average Bonchev–Trinajstić information content (AvgIpc) is 2.59. The zero-order valence-electron chi connectivity index (χ0n) is 5.14. The first-order valence-electron chi connectivity index (χ1n) is 2.86. The lowest BCUT2D eigenvalue weighted by Gasteiger charge is -1.89. The molecule has 0 saturated heterocycles. The Morgan fingerprint density at radius 1 is 1.40 bits per heavy atom. The molecule has 0 fully saturated rings. The maximum atomic E-state index is 4.08. The molecular weight excluding hydrogens is 146 g/mol. The van der Waals surface area contributed by atoms with Crippen LogP contribution < -0.4 is 0 Å². The molecule has 2 aromatic rings. The van der Waals surface area contributed by atoms with E-state index >= 15 is 0 Å². The van der Waals surface area contributed by atoms with Crippen molar-refractivity contribution in [1.82, 2.24) is 14.8 Å². The summed E-state index contributed by atoms with van der Waals surface area (Å²) >= 11 is 1.57. The van der Waals surface area contributed by atoms with Crippen LogP contribution in [-0.2, 0) is 0 Å². The number of thiazole rings is 1. The Bertz CT molecular complexity index is 252. The van der Waals surface area contributed by atoms with Crippen molar-refractivity contribution in [1.29, 1.82) is 0 Å². The molecule has 10 heavy (non-hydrogen) atoms. The molecule has 0 bridgehead atoms. The van der Waals surface area contributed by atoms with E-state index in [0.29, 0.717) is 0 Å². The monoisotopic (exact) mass is 151 g/mol. The van der Waals surface area contributed by atoms with E-state index in [9.17, 15) is 0 Å². The largest absolute Gasteiger partial charge is 0.227 e. The van der Waals surface area contributed by atoms with Crippen molar-refractivity contribution in [3.8, 4) is 5.13 Å². The van der Waals surface area contributed by atoms with Gasteiger partial charge in [-0.05, 0) is 6.07 Å². The predicted molar refractivity (Wildman–Crippen MR) is 39.2 cm³/mol. The van der Waals surface area contributed by atoms with Crippen molar-refractivity contribution in [2.45, 2.75) is 0 Å². The Kier molecular flexibility index (Phi) is 1.25. The number of nitrogens with zero attached hydrogens (tertiary/aromatic N) is 3. The Morgan fingerprint density at radius 2 is 2.40 bits per heavy atom. The summed E-state index contributed by atoms with van der Waals surface area (Å²) < 4.78 is 1.74. The minimum atomic E-state index is 0.907. The van der Waals surface area contributed by atoms with Gasteiger partial charge in [0.1, 0.15) is 0 Å². The van der Waals surface area contributed by atoms with Gasteiger partial charge in [-0.3, -0.25) is 0 Å². The van der Waals surface area contributed by atoms with Gasteiger partial charge in [-0.25, -0.2) is 9.67 Å². The van der Waals surface area contributed by atoms with Crippen LogP contribution in [-0.4, -0.2) is 14.8 Å². The third-order valence-corrected chi connectivity index (χ3v) is 1.88. The Morgan fingerprint density at radius 3 is 3.00 bits per heavy atom. The first-order valence-corrected chi connectivity index (χ1v) is 3.74. The molecule has 0 aliphatic rings. The van der Waals surface area contributed by atoms with E-state index in [4.69, 9.17) is 0 Å². The van der Waals surface area contributed by atoms with E-state index in [1.807, 2.05) is 17.6 Å². The molecule has 2 aromatic heterocycles. The molecule has 0 aliphatic heterocycles. The third-order valence-electron chi connectivity index (χ3n) is 1.12. The van der Waals surface area contributed by atoms with Gasteiger partial charge in [0.25, 0.3) is 0 Å². The molecule has 3 nitrogen and oxygen atoms in total. The molecule has 0 spiro atoms. The normalized spacial score (nSPS) is 10.0. The van der Waals surface area contributed by atoms with Crippen molar-refractivity contribution in [2.75, 3.05) is 0 Å². The molecule has 0 unspecified atom stereocenters. The molecule has 4 heteroatoms. The Hall–Kier alpha value is -1.16. The van der Waals surface area contributed by atoms with E-state index in [0.717, 1.165) is 5.13 Å². The van der Waals surface area contributed by atoms with E-state index < -0.39 is 0 Å². The molecule has 0 saturated carbocycles. The van der Waals surface area contributed by atoms with Gasteiger partial charge in [0.15, 0.2) is 0 Å². The quantitative estimate of drug-likeness (QED) is 0.615. The van der Waals surface area contributed by atoms with Crippen molar-refractivity contribution in [3.05, 3.63) is 30.0 Å². The van der Waals surface area contributed by atoms with Crippen LogP contribution in [0.5, 0.6) is 0 Å². The van der Waals surface area contributed by atoms with Crippen molar-refractivity contribution < 1.29 is 0 Å². The molecule has 50 valence electrons. The summed E-state index contributed by atoms with van der Waals surface area (Å²) in [6.45, 7) is 0. The van der Waals surface area contributed by atoms with Crippen molar-refractivity contribution in [2.24, 2.45) is 0 Å². The van der Waals surface area contributed by atoms with Gasteiger partial charge < -0.3 is 0 Å². The first-order chi connectivity index (χ1) is 4.97. The topological polar surface area (TPSA) is 30.7 Å². The molecule has 2 rings (SSSR count). The summed E-state index contributed by atoms with van der Waals surface area (Å²) in [5.41, 5.74) is 0. The van der Waals surface area contributed by atoms with Crippen LogP contribution in [0, 0.1) is 0 Å². The highest BCUT2D eigenvalue weighted by Gasteiger charge is 1.94. The maximum Gasteiger partial charge on any atom is 0.210 e. The van der Waals surface area contributed by atoms with Gasteiger partial charge in [0.2, 0.25) is 5.13 Å². The zero-order chi connectivity index (χ0) is 6.81. The smallest absolute Gasteiger partial charge is 0.210 e. The van der Waals surface area contributed by atoms with Crippen LogP contribution in [0.3, 0.4) is 0 Å². The molecule has 0 radical (unpaired) electrons. The van der Waals surface area contributed by atoms with Gasteiger partial charge in [-0.1, -0.05) is 0 Å². The third kappa shape index (κ3) is 0.823. The fourth-order valence-electron chi connectivity index (χ4n) is 0.711. The Labute approximate surface area is 62.0 Å². The van der Waals surface area contributed by atoms with Crippen LogP contribution in [0.15, 0.2) is 30.0 Å². The molecule has 0 N–H and O–H groups in total. The van der Waals surface area contributed by atoms with Crippen LogP contribution in [0.2, 0.25) is 0 Å². The minimum absolute atomic E-state index is 0.907. The number of rotatable bonds is 1. The number of aromatic nitrogens is 3. The standard InChI is InChI=1S/C6H5N3S/c1-2-8-9(4-1)6-7-3-5-10-6/h1-5H. The Balaban J connectivity index is 2.48. The molecule has 0 atom stereocenters. The van der Waals surface area contributed by atoms with Crippen LogP contribution in [0.25, 0.3) is 5.13 Å². The number of hydrogen-bond acceptors (Lipinski definition) is 3. The predicted octanol–water partition coefficient (Wildman–Crippen LogP) is 1.33. The minimum Gasteiger partial charge on any atom is -0.227 e. The van der Waals surface area contributed by atoms with Gasteiger partial charge in [-0.15, -0.1) is 11.3 Å². The van der Waals surface area contributed by atoms with E-state index in [2.05, 4.69) is 10.1 Å². The number of hydrogen-bond donors (Lipinski definition) is 0. The van der Waals surface area contributed by atoms with Gasteiger partial charge >= 0.3 is 0 Å². The SMILES string of the molecule is c1cnn(-c2nccs2)c1. The lowest BCUT2D eigenvalue weighted by atomic mass is 10.8. The summed E-state index contributed by atoms with van der Waals surface area (Å²) in [4.78, 5) is 4.08. The van der Waals surface area contributed by atoms with Crippen molar-refractivity contribution >= 4 is 11.3 Å². The lowest BCUT2D eigenvalue weighted by molar-refractivity contribution is 0.869. The van der Waals surface area contributed by atoms with E-state index in [1.165, 1.54) is 0 Å². The molecular formula is C6H5N3S. The summed E-state index contributed by atoms with van der Waals surface area (Å²) in [5.74, 6) is 0. The highest BCUT2D eigenvalue weighted by Crippen LogP contribution is 2.07. The molecule has 0 aromatic carbocycles. The summed E-state index contributed by atoms with van der Waals surface area (Å²) in [5, 5.41) is 6.86. The van der Waals surface area contributed by atoms with Crippen LogP contribution in [0.4, 0.5) is 0 Å². The fourth-order valence-corrected chi connectivity index (χ4v) is 1.29. The van der Waals surface area contributed by atoms with E-state index in [-0.39, 0.29) is 0 Å². The van der Waals surface area contributed by atoms with Crippen LogP contribution >= 0.6 is 11.3 Å².